The third-order valence-electron chi connectivity index (χ3n) is 2.11. The van der Waals surface area contributed by atoms with Crippen molar-refractivity contribution in [2.24, 2.45) is 5.73 Å². The molecule has 0 heterocycles. The highest BCUT2D eigenvalue weighted by Gasteiger charge is 2.15. The van der Waals surface area contributed by atoms with E-state index in [-0.39, 0.29) is 11.9 Å². The Bertz CT molecular complexity index is 210. The average molecular weight is 197 g/mol. The van der Waals surface area contributed by atoms with E-state index in [9.17, 15) is 4.79 Å². The van der Waals surface area contributed by atoms with Crippen molar-refractivity contribution in [3.63, 3.8) is 0 Å². The van der Waals surface area contributed by atoms with Gasteiger partial charge in [-0.25, -0.2) is 0 Å². The fourth-order valence-electron chi connectivity index (χ4n) is 1.16. The summed E-state index contributed by atoms with van der Waals surface area (Å²) in [6, 6.07) is 1.54. The van der Waals surface area contributed by atoms with Gasteiger partial charge in [0.15, 0.2) is 0 Å². The molecule has 0 aromatic carbocycles. The second kappa shape index (κ2) is 7.34. The second-order valence-corrected chi connectivity index (χ2v) is 3.37. The Morgan fingerprint density at radius 3 is 2.64 bits per heavy atom. The van der Waals surface area contributed by atoms with Crippen LogP contribution in [0.1, 0.15) is 39.5 Å². The van der Waals surface area contributed by atoms with Crippen LogP contribution >= 0.6 is 0 Å². The smallest absolute Gasteiger partial charge is 0.237 e. The van der Waals surface area contributed by atoms with E-state index in [1.165, 1.54) is 0 Å². The zero-order chi connectivity index (χ0) is 11.0. The van der Waals surface area contributed by atoms with Crippen molar-refractivity contribution in [2.75, 3.05) is 0 Å². The molecule has 0 aliphatic heterocycles. The van der Waals surface area contributed by atoms with Crippen LogP contribution in [-0.2, 0) is 4.79 Å². The molecule has 0 radical (unpaired) electrons. The summed E-state index contributed by atoms with van der Waals surface area (Å²) < 4.78 is 0. The highest BCUT2D eigenvalue weighted by atomic mass is 16.2. The number of amides is 1. The molecule has 0 aromatic heterocycles. The molecule has 0 saturated heterocycles. The van der Waals surface area contributed by atoms with Gasteiger partial charge < -0.3 is 11.1 Å². The number of nitrogens with two attached hydrogens (primary N) is 1. The predicted octanol–water partition coefficient (Wildman–Crippen LogP) is 0.922. The maximum atomic E-state index is 11.4. The van der Waals surface area contributed by atoms with Gasteiger partial charge in [0.25, 0.3) is 0 Å². The Labute approximate surface area is 85.5 Å². The van der Waals surface area contributed by atoms with Crippen molar-refractivity contribution >= 4 is 5.91 Å². The van der Waals surface area contributed by atoms with Crippen LogP contribution < -0.4 is 11.1 Å². The lowest BCUT2D eigenvalue weighted by Gasteiger charge is -2.16. The van der Waals surface area contributed by atoms with Crippen molar-refractivity contribution in [3.8, 4) is 6.07 Å². The van der Waals surface area contributed by atoms with Crippen LogP contribution in [0.4, 0.5) is 0 Å². The minimum atomic E-state index is -0.437. The fourth-order valence-corrected chi connectivity index (χ4v) is 1.16. The minimum absolute atomic E-state index is 0.0598. The summed E-state index contributed by atoms with van der Waals surface area (Å²) in [5, 5.41) is 11.3. The maximum absolute atomic E-state index is 11.4. The average Bonchev–Trinajstić information content (AvgIpc) is 2.17. The molecule has 4 nitrogen and oxygen atoms in total. The molecule has 0 saturated carbocycles. The molecule has 1 unspecified atom stereocenters. The quantitative estimate of drug-likeness (QED) is 0.664. The highest BCUT2D eigenvalue weighted by molar-refractivity contribution is 5.81. The molecule has 2 atom stereocenters. The van der Waals surface area contributed by atoms with Gasteiger partial charge in [-0.3, -0.25) is 4.79 Å². The first-order valence-electron chi connectivity index (χ1n) is 5.08. The number of hydrogen-bond donors (Lipinski definition) is 2. The summed E-state index contributed by atoms with van der Waals surface area (Å²) in [7, 11) is 0. The first-order chi connectivity index (χ1) is 6.65. The lowest BCUT2D eigenvalue weighted by Crippen LogP contribution is -2.45. The van der Waals surface area contributed by atoms with Crippen molar-refractivity contribution < 1.29 is 4.79 Å². The first-order valence-corrected chi connectivity index (χ1v) is 5.08. The van der Waals surface area contributed by atoms with E-state index >= 15 is 0 Å². The van der Waals surface area contributed by atoms with E-state index in [1.54, 1.807) is 0 Å². The van der Waals surface area contributed by atoms with Gasteiger partial charge in [-0.1, -0.05) is 20.3 Å². The zero-order valence-corrected chi connectivity index (χ0v) is 8.92. The van der Waals surface area contributed by atoms with Crippen LogP contribution in [0.15, 0.2) is 0 Å². The summed E-state index contributed by atoms with van der Waals surface area (Å²) >= 11 is 0. The zero-order valence-electron chi connectivity index (χ0n) is 8.92. The van der Waals surface area contributed by atoms with Crippen molar-refractivity contribution in [3.05, 3.63) is 0 Å². The Morgan fingerprint density at radius 1 is 1.57 bits per heavy atom. The Balaban J connectivity index is 3.96. The molecule has 0 fully saturated rings. The molecule has 0 bridgehead atoms. The Morgan fingerprint density at radius 2 is 2.21 bits per heavy atom. The maximum Gasteiger partial charge on any atom is 0.237 e. The second-order valence-electron chi connectivity index (χ2n) is 3.37. The largest absolute Gasteiger partial charge is 0.351 e. The third-order valence-corrected chi connectivity index (χ3v) is 2.11. The summed E-state index contributed by atoms with van der Waals surface area (Å²) in [5.41, 5.74) is 5.63. The lowest BCUT2D eigenvalue weighted by atomic mass is 10.1. The molecule has 14 heavy (non-hydrogen) atoms. The van der Waals surface area contributed by atoms with E-state index in [1.807, 2.05) is 19.9 Å². The van der Waals surface area contributed by atoms with Gasteiger partial charge in [-0.05, 0) is 12.8 Å². The summed E-state index contributed by atoms with van der Waals surface area (Å²) in [5.74, 6) is -0.144. The Kier molecular flexibility index (Phi) is 6.77. The van der Waals surface area contributed by atoms with Gasteiger partial charge in [-0.2, -0.15) is 5.26 Å². The fraction of sp³-hybridized carbons (Fsp3) is 0.800. The summed E-state index contributed by atoms with van der Waals surface area (Å²) in [6.07, 6.45) is 2.69. The number of hydrogen-bond acceptors (Lipinski definition) is 3. The monoisotopic (exact) mass is 197 g/mol. The molecule has 1 amide bonds. The standard InChI is InChI=1S/C10H19N3O/c1-3-5-9(12)10(14)13-8(4-2)6-7-11/h8-9H,3-6,12H2,1-2H3,(H,13,14)/t8?,9-/m1/s1. The molecule has 3 N–H and O–H groups in total. The van der Waals surface area contributed by atoms with Crippen LogP contribution in [-0.4, -0.2) is 18.0 Å². The summed E-state index contributed by atoms with van der Waals surface area (Å²) in [4.78, 5) is 11.4. The third kappa shape index (κ3) is 4.83. The van der Waals surface area contributed by atoms with Crippen LogP contribution in [0.5, 0.6) is 0 Å². The molecule has 0 aromatic rings. The number of nitrogens with one attached hydrogen (secondary N) is 1. The number of nitriles is 1. The van der Waals surface area contributed by atoms with Crippen LogP contribution in [0.25, 0.3) is 0 Å². The number of carbonyl (C=O) groups is 1. The van der Waals surface area contributed by atoms with Gasteiger partial charge >= 0.3 is 0 Å². The normalized spacial score (nSPS) is 14.1. The highest BCUT2D eigenvalue weighted by Crippen LogP contribution is 1.99. The van der Waals surface area contributed by atoms with E-state index in [2.05, 4.69) is 5.32 Å². The lowest BCUT2D eigenvalue weighted by molar-refractivity contribution is -0.123. The molecule has 0 aliphatic rings. The van der Waals surface area contributed by atoms with Gasteiger partial charge in [-0.15, -0.1) is 0 Å². The molecule has 0 spiro atoms. The minimum Gasteiger partial charge on any atom is -0.351 e. The van der Waals surface area contributed by atoms with Crippen LogP contribution in [0.3, 0.4) is 0 Å². The van der Waals surface area contributed by atoms with Crippen molar-refractivity contribution in [2.45, 2.75) is 51.6 Å². The first kappa shape index (κ1) is 12.9. The predicted molar refractivity (Wildman–Crippen MR) is 55.3 cm³/mol. The van der Waals surface area contributed by atoms with Gasteiger partial charge in [0.05, 0.1) is 18.5 Å². The van der Waals surface area contributed by atoms with Crippen molar-refractivity contribution in [1.29, 1.82) is 5.26 Å². The number of carbonyl (C=O) groups excluding carboxylic acids is 1. The van der Waals surface area contributed by atoms with E-state index in [0.717, 1.165) is 12.8 Å². The van der Waals surface area contributed by atoms with E-state index in [0.29, 0.717) is 12.8 Å². The van der Waals surface area contributed by atoms with Crippen molar-refractivity contribution in [1.82, 2.24) is 5.32 Å². The van der Waals surface area contributed by atoms with Gasteiger partial charge in [0.2, 0.25) is 5.91 Å². The van der Waals surface area contributed by atoms with Crippen LogP contribution in [0, 0.1) is 11.3 Å². The molecular weight excluding hydrogens is 178 g/mol. The molecule has 0 aliphatic carbocycles. The molecule has 80 valence electrons. The summed E-state index contributed by atoms with van der Waals surface area (Å²) in [6.45, 7) is 3.92. The topological polar surface area (TPSA) is 78.9 Å². The SMILES string of the molecule is CCC[C@@H](N)C(=O)NC(CC)CC#N. The van der Waals surface area contributed by atoms with Gasteiger partial charge in [0, 0.05) is 6.04 Å². The molecule has 0 rings (SSSR count). The number of nitrogens with zero attached hydrogens (tertiary/aromatic N) is 1. The van der Waals surface area contributed by atoms with E-state index < -0.39 is 6.04 Å². The molecular formula is C10H19N3O. The van der Waals surface area contributed by atoms with Gasteiger partial charge in [0.1, 0.15) is 0 Å². The van der Waals surface area contributed by atoms with Crippen LogP contribution in [0.2, 0.25) is 0 Å². The number of rotatable bonds is 6. The van der Waals surface area contributed by atoms with E-state index in [4.69, 9.17) is 11.0 Å². The molecule has 4 heteroatoms. The Hall–Kier alpha value is -1.08.